The van der Waals surface area contributed by atoms with Crippen molar-refractivity contribution < 1.29 is 8.81 Å². The molecule has 0 unspecified atom stereocenters. The molecular formula is C22H11FO. The van der Waals surface area contributed by atoms with E-state index in [1.165, 1.54) is 0 Å². The molecule has 0 fully saturated rings. The summed E-state index contributed by atoms with van der Waals surface area (Å²) in [5.74, 6) is -0.182. The molecule has 5 aromatic carbocycles. The quantitative estimate of drug-likeness (QED) is 0.287. The van der Waals surface area contributed by atoms with E-state index in [4.69, 9.17) is 4.42 Å². The van der Waals surface area contributed by atoms with Crippen molar-refractivity contribution in [3.05, 3.63) is 72.5 Å². The van der Waals surface area contributed by atoms with Crippen molar-refractivity contribution in [2.24, 2.45) is 0 Å². The molecule has 0 bridgehead atoms. The van der Waals surface area contributed by atoms with E-state index in [9.17, 15) is 4.39 Å². The Hall–Kier alpha value is -3.13. The van der Waals surface area contributed by atoms with Gasteiger partial charge >= 0.3 is 0 Å². The number of halogens is 1. The average Bonchev–Trinajstić information content (AvgIpc) is 2.98. The molecule has 6 aromatic rings. The first kappa shape index (κ1) is 12.3. The van der Waals surface area contributed by atoms with Crippen LogP contribution in [0.2, 0.25) is 0 Å². The lowest BCUT2D eigenvalue weighted by Gasteiger charge is -2.12. The van der Waals surface area contributed by atoms with Crippen LogP contribution < -0.4 is 0 Å². The Morgan fingerprint density at radius 1 is 0.583 bits per heavy atom. The normalized spacial score (nSPS) is 12.4. The average molecular weight is 310 g/mol. The van der Waals surface area contributed by atoms with E-state index in [0.717, 1.165) is 48.9 Å². The number of furan rings is 1. The van der Waals surface area contributed by atoms with Gasteiger partial charge in [0.2, 0.25) is 0 Å². The lowest BCUT2D eigenvalue weighted by Crippen LogP contribution is -1.87. The highest BCUT2D eigenvalue weighted by Crippen LogP contribution is 2.42. The fraction of sp³-hybridized carbons (Fsp3) is 0. The van der Waals surface area contributed by atoms with Gasteiger partial charge in [-0.1, -0.05) is 48.5 Å². The van der Waals surface area contributed by atoms with Gasteiger partial charge in [0, 0.05) is 21.5 Å². The van der Waals surface area contributed by atoms with Gasteiger partial charge in [-0.25, -0.2) is 4.39 Å². The summed E-state index contributed by atoms with van der Waals surface area (Å²) >= 11 is 0. The maximum atomic E-state index is 14.8. The van der Waals surface area contributed by atoms with Gasteiger partial charge in [0.25, 0.3) is 0 Å². The second kappa shape index (κ2) is 4.04. The summed E-state index contributed by atoms with van der Waals surface area (Å²) in [6, 6.07) is 21.6. The van der Waals surface area contributed by atoms with Crippen molar-refractivity contribution >= 4 is 54.3 Å². The lowest BCUT2D eigenvalue weighted by atomic mass is 9.92. The summed E-state index contributed by atoms with van der Waals surface area (Å²) in [5.41, 5.74) is 1.64. The third kappa shape index (κ3) is 1.35. The Balaban J connectivity index is 2.05. The minimum atomic E-state index is -0.182. The van der Waals surface area contributed by atoms with Gasteiger partial charge in [0.05, 0.1) is 0 Å². The van der Waals surface area contributed by atoms with Gasteiger partial charge in [-0.3, -0.25) is 0 Å². The largest absolute Gasteiger partial charge is 0.456 e. The van der Waals surface area contributed by atoms with Crippen molar-refractivity contribution in [3.63, 3.8) is 0 Å². The molecule has 1 heterocycles. The Morgan fingerprint density at radius 2 is 1.38 bits per heavy atom. The number of para-hydroxylation sites is 1. The van der Waals surface area contributed by atoms with Gasteiger partial charge < -0.3 is 4.42 Å². The van der Waals surface area contributed by atoms with Gasteiger partial charge in [0.15, 0.2) is 0 Å². The highest BCUT2D eigenvalue weighted by molar-refractivity contribution is 6.32. The highest BCUT2D eigenvalue weighted by Gasteiger charge is 2.17. The van der Waals surface area contributed by atoms with Gasteiger partial charge in [-0.2, -0.15) is 0 Å². The molecule has 0 aliphatic carbocycles. The standard InChI is InChI=1S/C22H11FO/c23-17-11-16-21-13(9-8-12-4-3-6-14(17)20(12)21)10-19-22(16)15-5-1-2-7-18(15)24-19/h1-11H. The van der Waals surface area contributed by atoms with Crippen molar-refractivity contribution in [1.82, 2.24) is 0 Å². The highest BCUT2D eigenvalue weighted by atomic mass is 19.1. The minimum absolute atomic E-state index is 0.182. The maximum absolute atomic E-state index is 14.8. The third-order valence-electron chi connectivity index (χ3n) is 5.05. The first-order chi connectivity index (χ1) is 11.8. The van der Waals surface area contributed by atoms with Crippen LogP contribution in [0.4, 0.5) is 4.39 Å². The molecule has 1 aromatic heterocycles. The van der Waals surface area contributed by atoms with Crippen LogP contribution in [0, 0.1) is 5.82 Å². The third-order valence-corrected chi connectivity index (χ3v) is 5.05. The fourth-order valence-electron chi connectivity index (χ4n) is 4.06. The van der Waals surface area contributed by atoms with Crippen LogP contribution in [-0.2, 0) is 0 Å². The molecule has 0 aliphatic heterocycles. The van der Waals surface area contributed by atoms with E-state index in [0.29, 0.717) is 5.39 Å². The minimum Gasteiger partial charge on any atom is -0.456 e. The monoisotopic (exact) mass is 310 g/mol. The van der Waals surface area contributed by atoms with Gasteiger partial charge in [-0.15, -0.1) is 0 Å². The molecule has 0 amide bonds. The van der Waals surface area contributed by atoms with Crippen molar-refractivity contribution in [2.45, 2.75) is 0 Å². The number of benzene rings is 5. The van der Waals surface area contributed by atoms with Crippen molar-refractivity contribution in [2.75, 3.05) is 0 Å². The fourth-order valence-corrected chi connectivity index (χ4v) is 4.06. The molecule has 6 rings (SSSR count). The van der Waals surface area contributed by atoms with E-state index in [1.54, 1.807) is 6.07 Å². The zero-order chi connectivity index (χ0) is 15.8. The summed E-state index contributed by atoms with van der Waals surface area (Å²) in [5, 5.41) is 7.89. The van der Waals surface area contributed by atoms with Crippen molar-refractivity contribution in [1.29, 1.82) is 0 Å². The van der Waals surface area contributed by atoms with E-state index in [1.807, 2.05) is 42.5 Å². The zero-order valence-corrected chi connectivity index (χ0v) is 12.6. The molecule has 0 spiro atoms. The maximum Gasteiger partial charge on any atom is 0.136 e. The molecule has 2 heteroatoms. The Morgan fingerprint density at radius 3 is 2.33 bits per heavy atom. The summed E-state index contributed by atoms with van der Waals surface area (Å²) in [7, 11) is 0. The van der Waals surface area contributed by atoms with Gasteiger partial charge in [-0.05, 0) is 39.7 Å². The van der Waals surface area contributed by atoms with E-state index < -0.39 is 0 Å². The molecular weight excluding hydrogens is 299 g/mol. The summed E-state index contributed by atoms with van der Waals surface area (Å²) < 4.78 is 20.9. The predicted octanol–water partition coefficient (Wildman–Crippen LogP) is 6.62. The van der Waals surface area contributed by atoms with E-state index >= 15 is 0 Å². The Bertz CT molecular complexity index is 1410. The van der Waals surface area contributed by atoms with Crippen LogP contribution in [0.5, 0.6) is 0 Å². The van der Waals surface area contributed by atoms with Crippen LogP contribution in [-0.4, -0.2) is 0 Å². The number of rotatable bonds is 0. The summed E-state index contributed by atoms with van der Waals surface area (Å²) in [6.45, 7) is 0. The molecule has 112 valence electrons. The van der Waals surface area contributed by atoms with Crippen molar-refractivity contribution in [3.8, 4) is 0 Å². The molecule has 1 nitrogen and oxygen atoms in total. The van der Waals surface area contributed by atoms with Crippen LogP contribution >= 0.6 is 0 Å². The zero-order valence-electron chi connectivity index (χ0n) is 12.6. The first-order valence-corrected chi connectivity index (χ1v) is 7.98. The SMILES string of the molecule is Fc1cc2c3c(cc4ccc5cccc1c5c42)oc1ccccc13. The molecule has 0 saturated carbocycles. The first-order valence-electron chi connectivity index (χ1n) is 7.98. The van der Waals surface area contributed by atoms with Gasteiger partial charge in [0.1, 0.15) is 17.0 Å². The second-order valence-corrected chi connectivity index (χ2v) is 6.32. The molecule has 0 atom stereocenters. The van der Waals surface area contributed by atoms with Crippen LogP contribution in [0.25, 0.3) is 54.3 Å². The molecule has 0 saturated heterocycles. The Kier molecular flexibility index (Phi) is 2.07. The van der Waals surface area contributed by atoms with Crippen LogP contribution in [0.1, 0.15) is 0 Å². The molecule has 24 heavy (non-hydrogen) atoms. The Labute approximate surface area is 136 Å². The topological polar surface area (TPSA) is 13.1 Å². The summed E-state index contributed by atoms with van der Waals surface area (Å²) in [6.07, 6.45) is 0. The van der Waals surface area contributed by atoms with Crippen LogP contribution in [0.3, 0.4) is 0 Å². The molecule has 0 radical (unpaired) electrons. The number of fused-ring (bicyclic) bond motifs is 4. The smallest absolute Gasteiger partial charge is 0.136 e. The molecule has 0 aliphatic rings. The lowest BCUT2D eigenvalue weighted by molar-refractivity contribution is 0.641. The van der Waals surface area contributed by atoms with E-state index in [2.05, 4.69) is 18.2 Å². The second-order valence-electron chi connectivity index (χ2n) is 6.32. The number of hydrogen-bond donors (Lipinski definition) is 0. The summed E-state index contributed by atoms with van der Waals surface area (Å²) in [4.78, 5) is 0. The van der Waals surface area contributed by atoms with Crippen LogP contribution in [0.15, 0.2) is 71.1 Å². The predicted molar refractivity (Wildman–Crippen MR) is 97.4 cm³/mol. The van der Waals surface area contributed by atoms with E-state index in [-0.39, 0.29) is 5.82 Å². The molecule has 0 N–H and O–H groups in total. The number of hydrogen-bond acceptors (Lipinski definition) is 1.